The lowest BCUT2D eigenvalue weighted by Crippen LogP contribution is -2.28. The molecule has 0 aliphatic rings. The molecule has 0 bridgehead atoms. The van der Waals surface area contributed by atoms with E-state index in [0.717, 1.165) is 10.4 Å². The van der Waals surface area contributed by atoms with Crippen molar-refractivity contribution in [2.75, 3.05) is 6.54 Å². The Morgan fingerprint density at radius 1 is 1.25 bits per heavy atom. The summed E-state index contributed by atoms with van der Waals surface area (Å²) in [6, 6.07) is 9.87. The Balaban J connectivity index is 1.50. The molecule has 0 aliphatic heterocycles. The molecule has 1 atom stereocenters. The average molecular weight is 437 g/mol. The molecule has 2 N–H and O–H groups in total. The van der Waals surface area contributed by atoms with Crippen molar-refractivity contribution in [3.63, 3.8) is 0 Å². The number of aliphatic hydroxyl groups is 1. The molecule has 0 saturated carbocycles. The first-order chi connectivity index (χ1) is 13.3. The van der Waals surface area contributed by atoms with E-state index in [1.807, 2.05) is 22.9 Å². The van der Waals surface area contributed by atoms with Gasteiger partial charge in [0.2, 0.25) is 10.0 Å². The van der Waals surface area contributed by atoms with Crippen molar-refractivity contribution in [1.29, 1.82) is 0 Å². The van der Waals surface area contributed by atoms with Gasteiger partial charge in [-0.25, -0.2) is 17.9 Å². The Morgan fingerprint density at radius 3 is 2.82 bits per heavy atom. The highest BCUT2D eigenvalue weighted by molar-refractivity contribution is 7.89. The van der Waals surface area contributed by atoms with Crippen LogP contribution < -0.4 is 10.5 Å². The largest absolute Gasteiger partial charge is 0.419 e. The van der Waals surface area contributed by atoms with Crippen LogP contribution in [0.15, 0.2) is 61.3 Å². The minimum Gasteiger partial charge on any atom is -0.408 e. The number of thiophene rings is 2. The van der Waals surface area contributed by atoms with Crippen LogP contribution in [0.2, 0.25) is 0 Å². The first-order valence-electron chi connectivity index (χ1n) is 8.25. The van der Waals surface area contributed by atoms with Crippen LogP contribution in [0.5, 0.6) is 0 Å². The third-order valence-corrected chi connectivity index (χ3v) is 7.64. The Bertz CT molecular complexity index is 1280. The molecule has 0 saturated heterocycles. The van der Waals surface area contributed by atoms with E-state index in [1.165, 1.54) is 41.2 Å². The van der Waals surface area contributed by atoms with Crippen LogP contribution in [-0.4, -0.2) is 24.6 Å². The summed E-state index contributed by atoms with van der Waals surface area (Å²) in [5.41, 5.74) is 1.77. The molecule has 1 unspecified atom stereocenters. The van der Waals surface area contributed by atoms with Crippen molar-refractivity contribution in [2.24, 2.45) is 7.05 Å². The molecule has 146 valence electrons. The predicted molar refractivity (Wildman–Crippen MR) is 109 cm³/mol. The number of rotatable bonds is 6. The van der Waals surface area contributed by atoms with Gasteiger partial charge in [0, 0.05) is 28.9 Å². The van der Waals surface area contributed by atoms with Crippen LogP contribution in [0.1, 0.15) is 11.0 Å². The fourth-order valence-electron chi connectivity index (χ4n) is 2.74. The molecule has 10 heteroatoms. The number of nitrogens with one attached hydrogen (secondary N) is 1. The third kappa shape index (κ3) is 3.56. The first kappa shape index (κ1) is 19.1. The maximum Gasteiger partial charge on any atom is 0.419 e. The first-order valence-corrected chi connectivity index (χ1v) is 11.5. The maximum absolute atomic E-state index is 12.6. The van der Waals surface area contributed by atoms with Crippen LogP contribution in [0.3, 0.4) is 0 Å². The molecule has 3 aromatic heterocycles. The van der Waals surface area contributed by atoms with Gasteiger partial charge in [0.05, 0.1) is 10.4 Å². The monoisotopic (exact) mass is 436 g/mol. The number of fused-ring (bicyclic) bond motifs is 1. The standard InChI is InChI=1S/C18H16N2O5S3/c1-20-13-8-12(2-3-15(13)25-18(20)22)28(23,24)19-9-14(21)17-5-4-16(27-17)11-6-7-26-10-11/h2-8,10,14,19,21H,9H2,1H3. The quantitative estimate of drug-likeness (QED) is 0.484. The molecule has 28 heavy (non-hydrogen) atoms. The number of benzene rings is 1. The zero-order valence-corrected chi connectivity index (χ0v) is 17.1. The topological polar surface area (TPSA) is 102 Å². The van der Waals surface area contributed by atoms with Gasteiger partial charge < -0.3 is 9.52 Å². The van der Waals surface area contributed by atoms with Gasteiger partial charge >= 0.3 is 5.76 Å². The second-order valence-corrected chi connectivity index (χ2v) is 9.80. The number of aryl methyl sites for hydroxylation is 1. The number of nitrogens with zero attached hydrogens (tertiary/aromatic N) is 1. The second kappa shape index (κ2) is 7.30. The summed E-state index contributed by atoms with van der Waals surface area (Å²) in [6.45, 7) is -0.158. The van der Waals surface area contributed by atoms with Gasteiger partial charge in [0.1, 0.15) is 6.10 Å². The van der Waals surface area contributed by atoms with Crippen LogP contribution in [-0.2, 0) is 17.1 Å². The van der Waals surface area contributed by atoms with E-state index in [2.05, 4.69) is 4.72 Å². The second-order valence-electron chi connectivity index (χ2n) is 6.14. The lowest BCUT2D eigenvalue weighted by molar-refractivity contribution is 0.186. The molecule has 0 fully saturated rings. The highest BCUT2D eigenvalue weighted by Gasteiger charge is 2.20. The van der Waals surface area contributed by atoms with E-state index < -0.39 is 21.9 Å². The number of hydrogen-bond acceptors (Lipinski definition) is 7. The number of aromatic nitrogens is 1. The molecule has 3 heterocycles. The summed E-state index contributed by atoms with van der Waals surface area (Å²) >= 11 is 3.01. The minimum atomic E-state index is -3.86. The van der Waals surface area contributed by atoms with E-state index in [0.29, 0.717) is 16.0 Å². The highest BCUT2D eigenvalue weighted by Crippen LogP contribution is 2.32. The summed E-state index contributed by atoms with van der Waals surface area (Å²) in [5, 5.41) is 14.4. The molecule has 0 radical (unpaired) electrons. The Morgan fingerprint density at radius 2 is 2.07 bits per heavy atom. The molecule has 7 nitrogen and oxygen atoms in total. The van der Waals surface area contributed by atoms with Crippen molar-refractivity contribution < 1.29 is 17.9 Å². The normalized spacial score (nSPS) is 13.2. The molecule has 1 aromatic carbocycles. The van der Waals surface area contributed by atoms with Crippen LogP contribution in [0, 0.1) is 0 Å². The molecule has 0 aliphatic carbocycles. The summed E-state index contributed by atoms with van der Waals surface area (Å²) in [7, 11) is -2.36. The van der Waals surface area contributed by atoms with Gasteiger partial charge in [-0.15, -0.1) is 11.3 Å². The van der Waals surface area contributed by atoms with E-state index in [1.54, 1.807) is 17.4 Å². The van der Waals surface area contributed by atoms with E-state index in [4.69, 9.17) is 4.42 Å². The summed E-state index contributed by atoms with van der Waals surface area (Å²) in [5.74, 6) is -0.563. The van der Waals surface area contributed by atoms with Gasteiger partial charge in [-0.2, -0.15) is 11.3 Å². The third-order valence-electron chi connectivity index (χ3n) is 4.30. The average Bonchev–Trinajstić information content (AvgIpc) is 3.41. The van der Waals surface area contributed by atoms with Gasteiger partial charge in [-0.1, -0.05) is 0 Å². The Hall–Kier alpha value is -2.24. The molecular formula is C18H16N2O5S3. The lowest BCUT2D eigenvalue weighted by Gasteiger charge is -2.11. The maximum atomic E-state index is 12.6. The van der Waals surface area contributed by atoms with Gasteiger partial charge in [0.15, 0.2) is 5.58 Å². The zero-order valence-electron chi connectivity index (χ0n) is 14.7. The van der Waals surface area contributed by atoms with E-state index >= 15 is 0 Å². The lowest BCUT2D eigenvalue weighted by atomic mass is 10.2. The molecule has 0 spiro atoms. The highest BCUT2D eigenvalue weighted by atomic mass is 32.2. The SMILES string of the molecule is Cn1c(=O)oc2ccc(S(=O)(=O)NCC(O)c3ccc(-c4ccsc4)s3)cc21. The van der Waals surface area contributed by atoms with Crippen molar-refractivity contribution in [1.82, 2.24) is 9.29 Å². The zero-order chi connectivity index (χ0) is 19.9. The molecule has 0 amide bonds. The van der Waals surface area contributed by atoms with Gasteiger partial charge in [-0.3, -0.25) is 4.57 Å². The molecule has 4 rings (SSSR count). The van der Waals surface area contributed by atoms with Crippen molar-refractivity contribution >= 4 is 43.8 Å². The van der Waals surface area contributed by atoms with Gasteiger partial charge in [0.25, 0.3) is 0 Å². The minimum absolute atomic E-state index is 0.00579. The number of sulfonamides is 1. The fourth-order valence-corrected chi connectivity index (χ4v) is 5.52. The van der Waals surface area contributed by atoms with Crippen molar-refractivity contribution in [2.45, 2.75) is 11.0 Å². The van der Waals surface area contributed by atoms with Crippen LogP contribution >= 0.6 is 22.7 Å². The smallest absolute Gasteiger partial charge is 0.408 e. The number of aliphatic hydroxyl groups excluding tert-OH is 1. The predicted octanol–water partition coefficient (Wildman–Crippen LogP) is 2.93. The van der Waals surface area contributed by atoms with Crippen molar-refractivity contribution in [3.05, 3.63) is 62.6 Å². The Kier molecular flexibility index (Phi) is 4.98. The van der Waals surface area contributed by atoms with E-state index in [9.17, 15) is 18.3 Å². The summed E-state index contributed by atoms with van der Waals surface area (Å²) in [4.78, 5) is 13.2. The molecular weight excluding hydrogens is 420 g/mol. The molecule has 4 aromatic rings. The van der Waals surface area contributed by atoms with Gasteiger partial charge in [-0.05, 0) is 47.2 Å². The van der Waals surface area contributed by atoms with Crippen molar-refractivity contribution in [3.8, 4) is 10.4 Å². The number of oxazole rings is 1. The van der Waals surface area contributed by atoms with E-state index in [-0.39, 0.29) is 11.4 Å². The fraction of sp³-hybridized carbons (Fsp3) is 0.167. The van der Waals surface area contributed by atoms with Crippen LogP contribution in [0.25, 0.3) is 21.5 Å². The van der Waals surface area contributed by atoms with Crippen LogP contribution in [0.4, 0.5) is 0 Å². The summed E-state index contributed by atoms with van der Waals surface area (Å²) in [6.07, 6.45) is -0.964. The number of hydrogen-bond donors (Lipinski definition) is 2. The summed E-state index contributed by atoms with van der Waals surface area (Å²) < 4.78 is 33.8. The Labute approximate surface area is 168 Å².